The van der Waals surface area contributed by atoms with Crippen molar-refractivity contribution in [2.75, 3.05) is 13.1 Å². The number of hydrogen-bond donors (Lipinski definition) is 1. The van der Waals surface area contributed by atoms with Gasteiger partial charge in [-0.15, -0.1) is 0 Å². The van der Waals surface area contributed by atoms with Crippen molar-refractivity contribution in [3.05, 3.63) is 70.8 Å². The number of carbonyl (C=O) groups excluding carboxylic acids is 1. The standard InChI is InChI=1S/C28H38N2O/c1-26(2,3)23-12-22(13-24(14-23)27(4,5)6)25(31)29-19-28-15-21(16-28)18-30(28)17-20-10-8-7-9-11-20/h7-14,21H,15-19H2,1-6H3,(H,29,31). The third-order valence-electron chi connectivity index (χ3n) is 7.21. The van der Waals surface area contributed by atoms with Crippen LogP contribution < -0.4 is 5.32 Å². The van der Waals surface area contributed by atoms with Gasteiger partial charge in [0.2, 0.25) is 0 Å². The molecule has 166 valence electrons. The van der Waals surface area contributed by atoms with Crippen LogP contribution >= 0.6 is 0 Å². The number of hydrogen-bond acceptors (Lipinski definition) is 2. The molecule has 1 saturated carbocycles. The highest BCUT2D eigenvalue weighted by Gasteiger charge is 2.55. The van der Waals surface area contributed by atoms with Crippen molar-refractivity contribution in [2.45, 2.75) is 77.3 Å². The molecule has 2 saturated heterocycles. The minimum absolute atomic E-state index is 0.00804. The highest BCUT2D eigenvalue weighted by atomic mass is 16.1. The van der Waals surface area contributed by atoms with Crippen LogP contribution in [0.25, 0.3) is 0 Å². The molecule has 2 heterocycles. The van der Waals surface area contributed by atoms with Crippen LogP contribution in [0.3, 0.4) is 0 Å². The molecule has 1 N–H and O–H groups in total. The predicted octanol–water partition coefficient (Wildman–Crippen LogP) is 5.68. The average Bonchev–Trinajstić information content (AvgIpc) is 3.19. The maximum atomic E-state index is 13.3. The fraction of sp³-hybridized carbons (Fsp3) is 0.536. The van der Waals surface area contributed by atoms with E-state index in [1.807, 2.05) is 0 Å². The zero-order chi connectivity index (χ0) is 22.4. The highest BCUT2D eigenvalue weighted by molar-refractivity contribution is 5.94. The van der Waals surface area contributed by atoms with E-state index in [0.29, 0.717) is 0 Å². The molecule has 3 heteroatoms. The molecule has 3 nitrogen and oxygen atoms in total. The van der Waals surface area contributed by atoms with E-state index < -0.39 is 0 Å². The van der Waals surface area contributed by atoms with Gasteiger partial charge in [-0.05, 0) is 58.4 Å². The van der Waals surface area contributed by atoms with Gasteiger partial charge in [-0.1, -0.05) is 77.9 Å². The summed E-state index contributed by atoms with van der Waals surface area (Å²) in [6.45, 7) is 16.1. The summed E-state index contributed by atoms with van der Waals surface area (Å²) in [6.07, 6.45) is 2.41. The van der Waals surface area contributed by atoms with Crippen LogP contribution in [0.4, 0.5) is 0 Å². The Bertz CT molecular complexity index is 911. The number of benzene rings is 2. The van der Waals surface area contributed by atoms with Crippen molar-refractivity contribution < 1.29 is 4.79 Å². The zero-order valence-electron chi connectivity index (χ0n) is 20.1. The van der Waals surface area contributed by atoms with Gasteiger partial charge < -0.3 is 5.32 Å². The lowest BCUT2D eigenvalue weighted by Crippen LogP contribution is -2.53. The molecule has 3 aliphatic rings. The van der Waals surface area contributed by atoms with Crippen LogP contribution in [0.2, 0.25) is 0 Å². The molecular formula is C28H38N2O. The van der Waals surface area contributed by atoms with E-state index in [0.717, 1.165) is 31.1 Å². The summed E-state index contributed by atoms with van der Waals surface area (Å²) in [7, 11) is 0. The Morgan fingerprint density at radius 1 is 0.968 bits per heavy atom. The maximum Gasteiger partial charge on any atom is 0.251 e. The third-order valence-corrected chi connectivity index (χ3v) is 7.21. The first kappa shape index (κ1) is 22.1. The lowest BCUT2D eigenvalue weighted by atomic mass is 9.73. The summed E-state index contributed by atoms with van der Waals surface area (Å²) in [5.41, 5.74) is 4.73. The van der Waals surface area contributed by atoms with Gasteiger partial charge >= 0.3 is 0 Å². The molecule has 0 aromatic heterocycles. The summed E-state index contributed by atoms with van der Waals surface area (Å²) in [5, 5.41) is 3.31. The molecule has 0 radical (unpaired) electrons. The summed E-state index contributed by atoms with van der Waals surface area (Å²) >= 11 is 0. The van der Waals surface area contributed by atoms with E-state index in [9.17, 15) is 4.79 Å². The summed E-state index contributed by atoms with van der Waals surface area (Å²) < 4.78 is 0. The molecule has 0 unspecified atom stereocenters. The van der Waals surface area contributed by atoms with E-state index in [-0.39, 0.29) is 22.3 Å². The molecule has 1 amide bonds. The van der Waals surface area contributed by atoms with Crippen LogP contribution in [0.1, 0.15) is 81.4 Å². The average molecular weight is 419 g/mol. The maximum absolute atomic E-state index is 13.3. The molecule has 2 aliphatic heterocycles. The Kier molecular flexibility index (Phi) is 5.54. The topological polar surface area (TPSA) is 32.3 Å². The Morgan fingerprint density at radius 3 is 2.10 bits per heavy atom. The number of amides is 1. The quantitative estimate of drug-likeness (QED) is 0.678. The molecule has 1 aliphatic carbocycles. The fourth-order valence-corrected chi connectivity index (χ4v) is 5.17. The van der Waals surface area contributed by atoms with Crippen LogP contribution in [-0.2, 0) is 17.4 Å². The SMILES string of the molecule is CC(C)(C)c1cc(C(=O)NCC23CC(CN2Cc2ccccc2)C3)cc(C(C)(C)C)c1. The summed E-state index contributed by atoms with van der Waals surface area (Å²) in [4.78, 5) is 15.9. The highest BCUT2D eigenvalue weighted by Crippen LogP contribution is 2.50. The second kappa shape index (κ2) is 7.78. The van der Waals surface area contributed by atoms with Crippen LogP contribution in [0.5, 0.6) is 0 Å². The van der Waals surface area contributed by atoms with Gasteiger partial charge in [0.05, 0.1) is 0 Å². The van der Waals surface area contributed by atoms with Crippen molar-refractivity contribution in [1.29, 1.82) is 0 Å². The van der Waals surface area contributed by atoms with E-state index >= 15 is 0 Å². The van der Waals surface area contributed by atoms with E-state index in [1.54, 1.807) is 0 Å². The van der Waals surface area contributed by atoms with Gasteiger partial charge in [-0.25, -0.2) is 0 Å². The van der Waals surface area contributed by atoms with Crippen molar-refractivity contribution in [3.8, 4) is 0 Å². The minimum Gasteiger partial charge on any atom is -0.350 e. The summed E-state index contributed by atoms with van der Waals surface area (Å²) in [5.74, 6) is 0.846. The molecule has 31 heavy (non-hydrogen) atoms. The van der Waals surface area contributed by atoms with Gasteiger partial charge in [0.25, 0.3) is 5.91 Å². The smallest absolute Gasteiger partial charge is 0.251 e. The largest absolute Gasteiger partial charge is 0.350 e. The molecule has 5 rings (SSSR count). The van der Waals surface area contributed by atoms with Crippen molar-refractivity contribution in [1.82, 2.24) is 10.2 Å². The van der Waals surface area contributed by atoms with Gasteiger partial charge in [-0.2, -0.15) is 0 Å². The van der Waals surface area contributed by atoms with Crippen LogP contribution in [0.15, 0.2) is 48.5 Å². The predicted molar refractivity (Wildman–Crippen MR) is 128 cm³/mol. The summed E-state index contributed by atoms with van der Waals surface area (Å²) in [6, 6.07) is 17.1. The first-order valence-electron chi connectivity index (χ1n) is 11.7. The Labute approximate surface area is 188 Å². The first-order chi connectivity index (χ1) is 14.5. The van der Waals surface area contributed by atoms with Gasteiger partial charge in [0.1, 0.15) is 0 Å². The Balaban J connectivity index is 1.50. The number of fused-ring (bicyclic) bond motifs is 1. The normalized spacial score (nSPS) is 23.5. The zero-order valence-corrected chi connectivity index (χ0v) is 20.1. The molecule has 3 fully saturated rings. The second-order valence-electron chi connectivity index (χ2n) is 11.8. The van der Waals surface area contributed by atoms with Crippen molar-refractivity contribution >= 4 is 5.91 Å². The molecule has 0 atom stereocenters. The lowest BCUT2D eigenvalue weighted by molar-refractivity contribution is 0.0798. The first-order valence-corrected chi connectivity index (χ1v) is 11.7. The van der Waals surface area contributed by atoms with Crippen molar-refractivity contribution in [3.63, 3.8) is 0 Å². The molecule has 2 bridgehead atoms. The lowest BCUT2D eigenvalue weighted by Gasteiger charge is -2.42. The minimum atomic E-state index is 0.00804. The molecule has 0 spiro atoms. The fourth-order valence-electron chi connectivity index (χ4n) is 5.17. The molecule has 2 aromatic rings. The van der Waals surface area contributed by atoms with Gasteiger partial charge in [-0.3, -0.25) is 9.69 Å². The molecular weight excluding hydrogens is 380 g/mol. The number of nitrogens with zero attached hydrogens (tertiary/aromatic N) is 1. The third kappa shape index (κ3) is 4.57. The van der Waals surface area contributed by atoms with E-state index in [2.05, 4.69) is 100 Å². The monoisotopic (exact) mass is 418 g/mol. The Morgan fingerprint density at radius 2 is 1.55 bits per heavy atom. The number of carbonyl (C=O) groups is 1. The van der Waals surface area contributed by atoms with Crippen LogP contribution in [-0.4, -0.2) is 29.4 Å². The number of nitrogens with one attached hydrogen (secondary N) is 1. The van der Waals surface area contributed by atoms with E-state index in [4.69, 9.17) is 0 Å². The second-order valence-corrected chi connectivity index (χ2v) is 11.8. The van der Waals surface area contributed by atoms with E-state index in [1.165, 1.54) is 29.5 Å². The Hall–Kier alpha value is -2.13. The van der Waals surface area contributed by atoms with Crippen LogP contribution in [0, 0.1) is 5.92 Å². The van der Waals surface area contributed by atoms with Crippen molar-refractivity contribution in [2.24, 2.45) is 5.92 Å². The van der Waals surface area contributed by atoms with Gasteiger partial charge in [0.15, 0.2) is 0 Å². The number of rotatable bonds is 5. The van der Waals surface area contributed by atoms with Gasteiger partial charge in [0, 0.05) is 30.7 Å². The molecule has 2 aromatic carbocycles.